The molecule has 0 spiro atoms. The molecule has 1 unspecified atom stereocenters. The number of nitrogens with one attached hydrogen (secondary N) is 1. The van der Waals surface area contributed by atoms with Crippen LogP contribution in [0.25, 0.3) is 0 Å². The minimum Gasteiger partial charge on any atom is -0.481 e. The maximum Gasteiger partial charge on any atom is 0.307 e. The van der Waals surface area contributed by atoms with Gasteiger partial charge in [-0.25, -0.2) is 0 Å². The van der Waals surface area contributed by atoms with Crippen molar-refractivity contribution in [2.75, 3.05) is 5.32 Å². The van der Waals surface area contributed by atoms with E-state index in [4.69, 9.17) is 0 Å². The molecule has 2 rings (SSSR count). The first-order valence-corrected chi connectivity index (χ1v) is 7.53. The fourth-order valence-corrected chi connectivity index (χ4v) is 3.09. The molecule has 114 valence electrons. The second-order valence-electron chi connectivity index (χ2n) is 6.09. The number of aryl methyl sites for hydroxylation is 2. The second-order valence-corrected chi connectivity index (χ2v) is 6.09. The fourth-order valence-electron chi connectivity index (χ4n) is 3.09. The van der Waals surface area contributed by atoms with Gasteiger partial charge in [0.1, 0.15) is 0 Å². The number of anilines is 1. The number of benzene rings is 1. The van der Waals surface area contributed by atoms with Gasteiger partial charge in [-0.1, -0.05) is 19.4 Å². The molecule has 0 aliphatic heterocycles. The van der Waals surface area contributed by atoms with Gasteiger partial charge in [-0.05, 0) is 55.9 Å². The van der Waals surface area contributed by atoms with Gasteiger partial charge in [0.15, 0.2) is 0 Å². The third-order valence-electron chi connectivity index (χ3n) is 4.67. The maximum atomic E-state index is 12.4. The standard InChI is InChI=1S/C17H23NO3/c1-4-12-8-14(15(9-12)17(20)21)16(19)18-13-6-5-10(2)11(3)7-13/h5-7,12,14-15H,4,8-9H2,1-3H3,(H,18,19)(H,20,21)/t12?,14-,15+/m0/s1. The zero-order valence-corrected chi connectivity index (χ0v) is 12.8. The predicted molar refractivity (Wildman–Crippen MR) is 82.2 cm³/mol. The summed E-state index contributed by atoms with van der Waals surface area (Å²) in [6, 6.07) is 5.75. The first-order chi connectivity index (χ1) is 9.92. The highest BCUT2D eigenvalue weighted by Crippen LogP contribution is 2.39. The Morgan fingerprint density at radius 2 is 1.86 bits per heavy atom. The summed E-state index contributed by atoms with van der Waals surface area (Å²) in [5.74, 6) is -1.66. The van der Waals surface area contributed by atoms with Gasteiger partial charge >= 0.3 is 5.97 Å². The lowest BCUT2D eigenvalue weighted by molar-refractivity contribution is -0.145. The van der Waals surface area contributed by atoms with Gasteiger partial charge in [0.25, 0.3) is 0 Å². The molecule has 4 nitrogen and oxygen atoms in total. The van der Waals surface area contributed by atoms with Crippen LogP contribution in [0, 0.1) is 31.6 Å². The van der Waals surface area contributed by atoms with E-state index in [-0.39, 0.29) is 5.91 Å². The van der Waals surface area contributed by atoms with E-state index in [0.717, 1.165) is 17.7 Å². The minimum atomic E-state index is -0.855. The summed E-state index contributed by atoms with van der Waals surface area (Å²) in [5, 5.41) is 12.2. The highest BCUT2D eigenvalue weighted by atomic mass is 16.4. The van der Waals surface area contributed by atoms with Crippen LogP contribution in [0.2, 0.25) is 0 Å². The van der Waals surface area contributed by atoms with Crippen LogP contribution in [0.3, 0.4) is 0 Å². The van der Waals surface area contributed by atoms with E-state index in [9.17, 15) is 14.7 Å². The van der Waals surface area contributed by atoms with Crippen molar-refractivity contribution in [2.24, 2.45) is 17.8 Å². The number of hydrogen-bond donors (Lipinski definition) is 2. The smallest absolute Gasteiger partial charge is 0.307 e. The Balaban J connectivity index is 2.11. The van der Waals surface area contributed by atoms with Crippen molar-refractivity contribution >= 4 is 17.6 Å². The van der Waals surface area contributed by atoms with Crippen LogP contribution in [0.1, 0.15) is 37.3 Å². The Morgan fingerprint density at radius 3 is 2.43 bits per heavy atom. The van der Waals surface area contributed by atoms with Crippen molar-refractivity contribution in [3.63, 3.8) is 0 Å². The molecule has 0 bridgehead atoms. The number of carboxylic acids is 1. The van der Waals surface area contributed by atoms with Crippen LogP contribution in [0.15, 0.2) is 18.2 Å². The SMILES string of the molecule is CCC1C[C@H](C(=O)Nc2ccc(C)c(C)c2)[C@H](C(=O)O)C1. The van der Waals surface area contributed by atoms with E-state index >= 15 is 0 Å². The summed E-state index contributed by atoms with van der Waals surface area (Å²) >= 11 is 0. The number of rotatable bonds is 4. The van der Waals surface area contributed by atoms with Crippen molar-refractivity contribution in [3.8, 4) is 0 Å². The number of hydrogen-bond acceptors (Lipinski definition) is 2. The maximum absolute atomic E-state index is 12.4. The summed E-state index contributed by atoms with van der Waals surface area (Å²) in [5.41, 5.74) is 3.02. The lowest BCUT2D eigenvalue weighted by atomic mass is 9.95. The zero-order valence-electron chi connectivity index (χ0n) is 12.8. The quantitative estimate of drug-likeness (QED) is 0.893. The third kappa shape index (κ3) is 3.43. The van der Waals surface area contributed by atoms with E-state index in [2.05, 4.69) is 5.32 Å². The summed E-state index contributed by atoms with van der Waals surface area (Å²) in [7, 11) is 0. The predicted octanol–water partition coefficient (Wildman–Crippen LogP) is 3.38. The molecule has 1 saturated carbocycles. The van der Waals surface area contributed by atoms with Gasteiger partial charge in [-0.15, -0.1) is 0 Å². The van der Waals surface area contributed by atoms with Gasteiger partial charge in [0, 0.05) is 5.69 Å². The highest BCUT2D eigenvalue weighted by molar-refractivity contribution is 5.95. The van der Waals surface area contributed by atoms with Crippen molar-refractivity contribution in [2.45, 2.75) is 40.0 Å². The number of carbonyl (C=O) groups excluding carboxylic acids is 1. The first-order valence-electron chi connectivity index (χ1n) is 7.53. The van der Waals surface area contributed by atoms with Gasteiger partial charge in [0.05, 0.1) is 11.8 Å². The van der Waals surface area contributed by atoms with E-state index < -0.39 is 17.8 Å². The monoisotopic (exact) mass is 289 g/mol. The Hall–Kier alpha value is -1.84. The van der Waals surface area contributed by atoms with Gasteiger partial charge in [-0.2, -0.15) is 0 Å². The van der Waals surface area contributed by atoms with Gasteiger partial charge in [0.2, 0.25) is 5.91 Å². The summed E-state index contributed by atoms with van der Waals surface area (Å²) < 4.78 is 0. The minimum absolute atomic E-state index is 0.165. The number of carboxylic acid groups (broad SMARTS) is 1. The highest BCUT2D eigenvalue weighted by Gasteiger charge is 2.42. The number of amides is 1. The average Bonchev–Trinajstić information content (AvgIpc) is 2.87. The van der Waals surface area contributed by atoms with Crippen molar-refractivity contribution in [1.29, 1.82) is 0 Å². The van der Waals surface area contributed by atoms with Crippen molar-refractivity contribution in [3.05, 3.63) is 29.3 Å². The van der Waals surface area contributed by atoms with E-state index in [0.29, 0.717) is 18.8 Å². The van der Waals surface area contributed by atoms with Crippen LogP contribution in [0.5, 0.6) is 0 Å². The molecule has 0 aromatic heterocycles. The molecule has 1 amide bonds. The van der Waals surface area contributed by atoms with Crippen LogP contribution in [0.4, 0.5) is 5.69 Å². The van der Waals surface area contributed by atoms with Crippen LogP contribution in [-0.2, 0) is 9.59 Å². The van der Waals surface area contributed by atoms with Gasteiger partial charge in [-0.3, -0.25) is 9.59 Å². The summed E-state index contributed by atoms with van der Waals surface area (Å²) in [6.45, 7) is 6.06. The molecule has 1 aliphatic carbocycles. The number of aliphatic carboxylic acids is 1. The molecule has 3 atom stereocenters. The van der Waals surface area contributed by atoms with E-state index in [1.165, 1.54) is 5.56 Å². The fraction of sp³-hybridized carbons (Fsp3) is 0.529. The topological polar surface area (TPSA) is 66.4 Å². The van der Waals surface area contributed by atoms with Crippen LogP contribution in [-0.4, -0.2) is 17.0 Å². The molecule has 2 N–H and O–H groups in total. The largest absolute Gasteiger partial charge is 0.481 e. The normalized spacial score (nSPS) is 24.8. The summed E-state index contributed by atoms with van der Waals surface area (Å²) in [4.78, 5) is 23.8. The Labute approximate surface area is 125 Å². The lowest BCUT2D eigenvalue weighted by Crippen LogP contribution is -2.30. The lowest BCUT2D eigenvalue weighted by Gasteiger charge is -2.16. The molecule has 1 fully saturated rings. The van der Waals surface area contributed by atoms with Gasteiger partial charge < -0.3 is 10.4 Å². The molecular formula is C17H23NO3. The molecule has 0 heterocycles. The zero-order chi connectivity index (χ0) is 15.6. The molecule has 0 radical (unpaired) electrons. The van der Waals surface area contributed by atoms with Crippen LogP contribution >= 0.6 is 0 Å². The molecule has 1 aliphatic rings. The third-order valence-corrected chi connectivity index (χ3v) is 4.67. The van der Waals surface area contributed by atoms with Crippen LogP contribution < -0.4 is 5.32 Å². The molecule has 1 aromatic rings. The molecule has 1 aromatic carbocycles. The second kappa shape index (κ2) is 6.29. The average molecular weight is 289 g/mol. The first kappa shape index (κ1) is 15.5. The van der Waals surface area contributed by atoms with E-state index in [1.54, 1.807) is 0 Å². The summed E-state index contributed by atoms with van der Waals surface area (Å²) in [6.07, 6.45) is 2.21. The Bertz CT molecular complexity index is 553. The molecule has 0 saturated heterocycles. The number of carbonyl (C=O) groups is 2. The Morgan fingerprint density at radius 1 is 1.19 bits per heavy atom. The molecule has 21 heavy (non-hydrogen) atoms. The van der Waals surface area contributed by atoms with Crippen molar-refractivity contribution < 1.29 is 14.7 Å². The Kier molecular flexibility index (Phi) is 4.66. The molecular weight excluding hydrogens is 266 g/mol. The van der Waals surface area contributed by atoms with E-state index in [1.807, 2.05) is 39.0 Å². The van der Waals surface area contributed by atoms with Crippen molar-refractivity contribution in [1.82, 2.24) is 0 Å². The molecule has 4 heteroatoms.